The molecule has 1 unspecified atom stereocenters. The zero-order valence-corrected chi connectivity index (χ0v) is 24.4. The Labute approximate surface area is 238 Å². The predicted octanol–water partition coefficient (Wildman–Crippen LogP) is 7.86. The number of aryl methyl sites for hydroxylation is 2. The van der Waals surface area contributed by atoms with E-state index in [4.69, 9.17) is 42.1 Å². The van der Waals surface area contributed by atoms with Crippen LogP contribution in [0.15, 0.2) is 36.4 Å². The Kier molecular flexibility index (Phi) is 12.2. The van der Waals surface area contributed by atoms with Crippen LogP contribution in [0.4, 0.5) is 18.0 Å². The molecular weight excluding hydrogens is 558 g/mol. The van der Waals surface area contributed by atoms with Gasteiger partial charge in [-0.25, -0.2) is 4.79 Å². The average Bonchev–Trinajstić information content (AvgIpc) is 2.81. The Hall–Kier alpha value is -2.20. The normalized spacial score (nSPS) is 13.6. The molecule has 0 aliphatic carbocycles. The maximum atomic E-state index is 13.9. The first-order valence-corrected chi connectivity index (χ1v) is 13.2. The van der Waals surface area contributed by atoms with Gasteiger partial charge in [0.05, 0.1) is 34.4 Å². The fourth-order valence-corrected chi connectivity index (χ4v) is 4.05. The lowest BCUT2D eigenvalue weighted by Gasteiger charge is -2.32. The first-order valence-electron chi connectivity index (χ1n) is 12.5. The van der Waals surface area contributed by atoms with Crippen molar-refractivity contribution in [3.63, 3.8) is 0 Å². The number of hydrogen-bond donors (Lipinski definition) is 1. The van der Waals surface area contributed by atoms with Crippen molar-refractivity contribution in [1.29, 1.82) is 0 Å². The van der Waals surface area contributed by atoms with Gasteiger partial charge >= 0.3 is 12.3 Å². The second-order valence-corrected chi connectivity index (χ2v) is 11.3. The fraction of sp³-hybridized carbons (Fsp3) is 0.536. The third kappa shape index (κ3) is 11.8. The molecule has 0 spiro atoms. The summed E-state index contributed by atoms with van der Waals surface area (Å²) in [6.45, 7) is 7.12. The van der Waals surface area contributed by atoms with E-state index in [0.29, 0.717) is 28.5 Å². The minimum absolute atomic E-state index is 0.000897. The number of nitrogens with one attached hydrogen (secondary N) is 1. The van der Waals surface area contributed by atoms with Crippen LogP contribution in [0.5, 0.6) is 5.75 Å². The smallest absolute Gasteiger partial charge is 0.419 e. The number of halogens is 5. The van der Waals surface area contributed by atoms with Crippen molar-refractivity contribution < 1.29 is 36.9 Å². The topological polar surface area (TPSA) is 66.0 Å². The molecule has 0 aliphatic heterocycles. The second-order valence-electron chi connectivity index (χ2n) is 10.5. The number of methoxy groups -OCH3 is 1. The van der Waals surface area contributed by atoms with Crippen LogP contribution in [0.25, 0.3) is 0 Å². The summed E-state index contributed by atoms with van der Waals surface area (Å²) in [5.41, 5.74) is -1.13. The highest BCUT2D eigenvalue weighted by Gasteiger charge is 2.35. The first kappa shape index (κ1) is 33.0. The summed E-state index contributed by atoms with van der Waals surface area (Å²) in [6, 6.07) is 9.23. The van der Waals surface area contributed by atoms with E-state index >= 15 is 0 Å². The van der Waals surface area contributed by atoms with Crippen molar-refractivity contribution in [2.75, 3.05) is 27.1 Å². The first-order chi connectivity index (χ1) is 18.1. The average molecular weight is 594 g/mol. The molecule has 0 bridgehead atoms. The molecule has 0 saturated heterocycles. The standard InChI is InChI=1S/C28H36Cl2F3NO5/c1-26(2,3)39-25(35)34-27(4,17-37-18-36-5)13-12-20-9-11-24(21(15-20)28(31,32)33)38-14-6-7-19-8-10-22(29)23(30)16-19/h8-11,15-16H,6-7,12-14,17-18H2,1-5H3,(H,34,35). The number of carbonyl (C=O) groups is 1. The van der Waals surface area contributed by atoms with Gasteiger partial charge in [-0.3, -0.25) is 0 Å². The molecule has 0 heterocycles. The van der Waals surface area contributed by atoms with Crippen LogP contribution < -0.4 is 10.1 Å². The van der Waals surface area contributed by atoms with Crippen LogP contribution in [-0.2, 0) is 33.2 Å². The Morgan fingerprint density at radius 1 is 0.949 bits per heavy atom. The number of benzene rings is 2. The summed E-state index contributed by atoms with van der Waals surface area (Å²) in [4.78, 5) is 12.4. The SMILES string of the molecule is COCOCC(C)(CCc1ccc(OCCCc2ccc(Cl)c(Cl)c2)c(C(F)(F)F)c1)NC(=O)OC(C)(C)C. The Morgan fingerprint density at radius 3 is 2.23 bits per heavy atom. The Balaban J connectivity index is 2.08. The Morgan fingerprint density at radius 2 is 1.62 bits per heavy atom. The van der Waals surface area contributed by atoms with E-state index in [1.807, 2.05) is 6.07 Å². The molecule has 11 heteroatoms. The molecule has 0 fully saturated rings. The molecule has 0 radical (unpaired) electrons. The molecule has 0 saturated carbocycles. The van der Waals surface area contributed by atoms with Crippen LogP contribution in [0, 0.1) is 0 Å². The largest absolute Gasteiger partial charge is 0.493 e. The van der Waals surface area contributed by atoms with Gasteiger partial charge in [-0.1, -0.05) is 35.3 Å². The Bertz CT molecular complexity index is 1090. The van der Waals surface area contributed by atoms with Crippen molar-refractivity contribution in [3.05, 3.63) is 63.1 Å². The molecule has 2 aromatic carbocycles. The number of amides is 1. The van der Waals surface area contributed by atoms with Gasteiger partial charge < -0.3 is 24.3 Å². The maximum absolute atomic E-state index is 13.9. The van der Waals surface area contributed by atoms with E-state index in [0.717, 1.165) is 11.6 Å². The third-order valence-electron chi connectivity index (χ3n) is 5.59. The summed E-state index contributed by atoms with van der Waals surface area (Å²) < 4.78 is 62.9. The van der Waals surface area contributed by atoms with Crippen molar-refractivity contribution in [2.45, 2.75) is 70.7 Å². The molecule has 1 N–H and O–H groups in total. The molecule has 39 heavy (non-hydrogen) atoms. The maximum Gasteiger partial charge on any atom is 0.419 e. The predicted molar refractivity (Wildman–Crippen MR) is 146 cm³/mol. The molecule has 2 aromatic rings. The number of alkyl carbamates (subject to hydrolysis) is 1. The number of carbonyl (C=O) groups excluding carboxylic acids is 1. The highest BCUT2D eigenvalue weighted by Crippen LogP contribution is 2.37. The summed E-state index contributed by atoms with van der Waals surface area (Å²) in [5.74, 6) is -0.238. The highest BCUT2D eigenvalue weighted by molar-refractivity contribution is 6.42. The monoisotopic (exact) mass is 593 g/mol. The zero-order valence-electron chi connectivity index (χ0n) is 22.8. The molecular formula is C28H36Cl2F3NO5. The molecule has 6 nitrogen and oxygen atoms in total. The quantitative estimate of drug-likeness (QED) is 0.189. The molecule has 1 amide bonds. The van der Waals surface area contributed by atoms with E-state index in [9.17, 15) is 18.0 Å². The summed E-state index contributed by atoms with van der Waals surface area (Å²) in [7, 11) is 1.47. The van der Waals surface area contributed by atoms with E-state index in [2.05, 4.69) is 5.32 Å². The molecule has 0 aliphatic rings. The van der Waals surface area contributed by atoms with Crippen LogP contribution in [0.1, 0.15) is 57.2 Å². The minimum atomic E-state index is -4.60. The van der Waals surface area contributed by atoms with Crippen LogP contribution in [-0.4, -0.2) is 44.3 Å². The molecule has 1 atom stereocenters. The number of hydrogen-bond acceptors (Lipinski definition) is 5. The van der Waals surface area contributed by atoms with E-state index in [-0.39, 0.29) is 38.6 Å². The highest BCUT2D eigenvalue weighted by atomic mass is 35.5. The lowest BCUT2D eigenvalue weighted by atomic mass is 9.93. The van der Waals surface area contributed by atoms with Crippen molar-refractivity contribution in [3.8, 4) is 5.75 Å². The number of ether oxygens (including phenoxy) is 4. The van der Waals surface area contributed by atoms with E-state index in [1.165, 1.54) is 13.2 Å². The third-order valence-corrected chi connectivity index (χ3v) is 6.33. The summed E-state index contributed by atoms with van der Waals surface area (Å²) in [6.07, 6.45) is -3.65. The van der Waals surface area contributed by atoms with E-state index < -0.39 is 29.0 Å². The van der Waals surface area contributed by atoms with Crippen molar-refractivity contribution in [1.82, 2.24) is 5.32 Å². The summed E-state index contributed by atoms with van der Waals surface area (Å²) in [5, 5.41) is 3.65. The van der Waals surface area contributed by atoms with Crippen LogP contribution in [0.2, 0.25) is 10.0 Å². The van der Waals surface area contributed by atoms with Gasteiger partial charge in [-0.15, -0.1) is 0 Å². The van der Waals surface area contributed by atoms with E-state index in [1.54, 1.807) is 45.9 Å². The van der Waals surface area contributed by atoms with Gasteiger partial charge in [0.15, 0.2) is 0 Å². The zero-order chi connectivity index (χ0) is 29.3. The minimum Gasteiger partial charge on any atom is -0.493 e. The molecule has 218 valence electrons. The number of alkyl halides is 3. The number of rotatable bonds is 13. The summed E-state index contributed by atoms with van der Waals surface area (Å²) >= 11 is 11.9. The molecule has 2 rings (SSSR count). The lowest BCUT2D eigenvalue weighted by molar-refractivity contribution is -0.139. The van der Waals surface area contributed by atoms with Gasteiger partial charge in [0, 0.05) is 7.11 Å². The van der Waals surface area contributed by atoms with Crippen molar-refractivity contribution in [2.24, 2.45) is 0 Å². The van der Waals surface area contributed by atoms with Crippen LogP contribution >= 0.6 is 23.2 Å². The van der Waals surface area contributed by atoms with Crippen LogP contribution in [0.3, 0.4) is 0 Å². The van der Waals surface area contributed by atoms with Gasteiger partial charge in [0.2, 0.25) is 0 Å². The van der Waals surface area contributed by atoms with Gasteiger partial charge in [0.25, 0.3) is 0 Å². The van der Waals surface area contributed by atoms with Gasteiger partial charge in [-0.2, -0.15) is 13.2 Å². The lowest BCUT2D eigenvalue weighted by Crippen LogP contribution is -2.51. The second kappa shape index (κ2) is 14.4. The van der Waals surface area contributed by atoms with Crippen molar-refractivity contribution >= 4 is 29.3 Å². The fourth-order valence-electron chi connectivity index (χ4n) is 3.72. The van der Waals surface area contributed by atoms with Gasteiger partial charge in [-0.05, 0) is 88.8 Å². The molecule has 0 aromatic heterocycles. The van der Waals surface area contributed by atoms with Gasteiger partial charge in [0.1, 0.15) is 18.1 Å².